The predicted molar refractivity (Wildman–Crippen MR) is 102 cm³/mol. The van der Waals surface area contributed by atoms with Crippen LogP contribution in [0.25, 0.3) is 6.08 Å². The van der Waals surface area contributed by atoms with Crippen molar-refractivity contribution in [1.29, 1.82) is 0 Å². The van der Waals surface area contributed by atoms with Gasteiger partial charge in [-0.25, -0.2) is 5.06 Å². The summed E-state index contributed by atoms with van der Waals surface area (Å²) in [4.78, 5) is 19.0. The van der Waals surface area contributed by atoms with E-state index < -0.39 is 5.60 Å². The Balaban J connectivity index is 1.84. The highest BCUT2D eigenvalue weighted by Gasteiger charge is 2.36. The molecule has 1 aliphatic heterocycles. The summed E-state index contributed by atoms with van der Waals surface area (Å²) in [6.45, 7) is 6.22. The van der Waals surface area contributed by atoms with Gasteiger partial charge in [-0.2, -0.15) is 0 Å². The minimum absolute atomic E-state index is 0.169. The van der Waals surface area contributed by atoms with Crippen LogP contribution in [0.15, 0.2) is 66.4 Å². The molecule has 0 aromatic heterocycles. The van der Waals surface area contributed by atoms with Gasteiger partial charge in [-0.1, -0.05) is 60.7 Å². The molecular formula is C22H25NO3. The van der Waals surface area contributed by atoms with E-state index in [1.54, 1.807) is 6.08 Å². The minimum Gasteiger partial charge on any atom is -0.486 e. The van der Waals surface area contributed by atoms with Crippen molar-refractivity contribution in [3.63, 3.8) is 0 Å². The number of benzene rings is 2. The Morgan fingerprint density at radius 1 is 1.08 bits per heavy atom. The van der Waals surface area contributed by atoms with Crippen molar-refractivity contribution in [3.05, 3.63) is 77.5 Å². The van der Waals surface area contributed by atoms with Gasteiger partial charge in [0, 0.05) is 0 Å². The summed E-state index contributed by atoms with van der Waals surface area (Å²) in [5.74, 6) is 0.0701. The van der Waals surface area contributed by atoms with Crippen molar-refractivity contribution >= 4 is 12.0 Å². The van der Waals surface area contributed by atoms with Crippen molar-refractivity contribution < 1.29 is 14.4 Å². The predicted octanol–water partition coefficient (Wildman–Crippen LogP) is 4.23. The number of hydrogen-bond donors (Lipinski definition) is 0. The molecule has 0 radical (unpaired) electrons. The van der Waals surface area contributed by atoms with Crippen LogP contribution >= 0.6 is 0 Å². The second kappa shape index (κ2) is 7.75. The molecule has 1 saturated heterocycles. The van der Waals surface area contributed by atoms with Crippen molar-refractivity contribution in [2.24, 2.45) is 0 Å². The number of ether oxygens (including phenoxy) is 1. The van der Waals surface area contributed by atoms with Crippen molar-refractivity contribution in [1.82, 2.24) is 5.06 Å². The largest absolute Gasteiger partial charge is 0.486 e. The van der Waals surface area contributed by atoms with E-state index in [1.807, 2.05) is 69.3 Å². The number of carbonyl (C=O) groups excluding carboxylic acids is 1. The number of amides is 1. The van der Waals surface area contributed by atoms with E-state index in [9.17, 15) is 4.79 Å². The first kappa shape index (κ1) is 18.2. The average Bonchev–Trinajstić information content (AvgIpc) is 2.61. The van der Waals surface area contributed by atoms with Crippen LogP contribution in [0.1, 0.15) is 31.9 Å². The quantitative estimate of drug-likeness (QED) is 0.774. The van der Waals surface area contributed by atoms with Gasteiger partial charge in [0.15, 0.2) is 5.76 Å². The summed E-state index contributed by atoms with van der Waals surface area (Å²) >= 11 is 0. The van der Waals surface area contributed by atoms with Gasteiger partial charge in [-0.15, -0.1) is 0 Å². The Kier molecular flexibility index (Phi) is 5.43. The highest BCUT2D eigenvalue weighted by atomic mass is 16.7. The van der Waals surface area contributed by atoms with Gasteiger partial charge < -0.3 is 4.74 Å². The molecule has 0 unspecified atom stereocenters. The van der Waals surface area contributed by atoms with Crippen LogP contribution in [0.3, 0.4) is 0 Å². The van der Waals surface area contributed by atoms with Crippen molar-refractivity contribution in [2.45, 2.75) is 38.8 Å². The first-order valence-electron chi connectivity index (χ1n) is 8.88. The van der Waals surface area contributed by atoms with E-state index >= 15 is 0 Å². The van der Waals surface area contributed by atoms with Gasteiger partial charge in [0.2, 0.25) is 0 Å². The summed E-state index contributed by atoms with van der Waals surface area (Å²) in [6.07, 6.45) is 2.45. The number of rotatable bonds is 4. The monoisotopic (exact) mass is 351 g/mol. The lowest BCUT2D eigenvalue weighted by atomic mass is 10.0. The highest BCUT2D eigenvalue weighted by Crippen LogP contribution is 2.25. The van der Waals surface area contributed by atoms with Crippen molar-refractivity contribution in [3.8, 4) is 0 Å². The lowest BCUT2D eigenvalue weighted by Crippen LogP contribution is -2.52. The first-order valence-corrected chi connectivity index (χ1v) is 8.88. The molecule has 1 amide bonds. The Hall–Kier alpha value is -2.59. The van der Waals surface area contributed by atoms with Crippen LogP contribution in [0.4, 0.5) is 0 Å². The van der Waals surface area contributed by atoms with Gasteiger partial charge in [0.05, 0.1) is 11.6 Å². The van der Waals surface area contributed by atoms with E-state index in [0.717, 1.165) is 11.1 Å². The number of nitrogens with zero attached hydrogens (tertiary/aromatic N) is 1. The lowest BCUT2D eigenvalue weighted by Gasteiger charge is -2.39. The topological polar surface area (TPSA) is 38.8 Å². The van der Waals surface area contributed by atoms with Gasteiger partial charge in [-0.3, -0.25) is 9.63 Å². The lowest BCUT2D eigenvalue weighted by molar-refractivity contribution is -0.254. The highest BCUT2D eigenvalue weighted by molar-refractivity contribution is 5.96. The zero-order valence-electron chi connectivity index (χ0n) is 15.5. The Bertz CT molecular complexity index is 763. The standard InChI is InChI=1S/C22H25NO3/c1-22(2,3)26-23-19(14-17-10-6-4-7-11-17)16-25-20(21(23)24)15-18-12-8-5-9-13-18/h4-13,15,19H,14,16H2,1-3H3/b20-15-/t19-/m0/s1. The maximum Gasteiger partial charge on any atom is 0.312 e. The van der Waals surface area contributed by atoms with Crippen LogP contribution in [-0.4, -0.2) is 29.2 Å². The van der Waals surface area contributed by atoms with Crippen LogP contribution in [-0.2, 0) is 20.8 Å². The molecule has 2 aromatic rings. The molecule has 0 saturated carbocycles. The minimum atomic E-state index is -0.472. The number of morpholine rings is 1. The maximum atomic E-state index is 13.0. The second-order valence-electron chi connectivity index (χ2n) is 7.41. The molecule has 1 atom stereocenters. The van der Waals surface area contributed by atoms with E-state index in [4.69, 9.17) is 9.57 Å². The maximum absolute atomic E-state index is 13.0. The van der Waals surface area contributed by atoms with Gasteiger partial charge in [0.1, 0.15) is 6.61 Å². The van der Waals surface area contributed by atoms with E-state index in [1.165, 1.54) is 5.06 Å². The third-order valence-corrected chi connectivity index (χ3v) is 3.96. The molecule has 136 valence electrons. The fourth-order valence-electron chi connectivity index (χ4n) is 2.83. The zero-order valence-corrected chi connectivity index (χ0v) is 15.5. The van der Waals surface area contributed by atoms with E-state index in [0.29, 0.717) is 18.8 Å². The van der Waals surface area contributed by atoms with Crippen LogP contribution in [0.2, 0.25) is 0 Å². The third-order valence-electron chi connectivity index (χ3n) is 3.96. The molecule has 2 aromatic carbocycles. The molecule has 4 nitrogen and oxygen atoms in total. The van der Waals surface area contributed by atoms with Crippen molar-refractivity contribution in [2.75, 3.05) is 6.61 Å². The fraction of sp³-hybridized carbons (Fsp3) is 0.318. The number of hydrogen-bond acceptors (Lipinski definition) is 3. The molecule has 0 aliphatic carbocycles. The molecule has 26 heavy (non-hydrogen) atoms. The summed E-state index contributed by atoms with van der Waals surface area (Å²) in [7, 11) is 0. The fourth-order valence-corrected chi connectivity index (χ4v) is 2.83. The molecule has 1 fully saturated rings. The van der Waals surface area contributed by atoms with Gasteiger partial charge in [-0.05, 0) is 44.4 Å². The van der Waals surface area contributed by atoms with Crippen LogP contribution in [0, 0.1) is 0 Å². The molecule has 4 heteroatoms. The number of carbonyl (C=O) groups is 1. The van der Waals surface area contributed by atoms with E-state index in [2.05, 4.69) is 12.1 Å². The second-order valence-corrected chi connectivity index (χ2v) is 7.41. The molecule has 0 bridgehead atoms. The number of hydroxylamine groups is 2. The van der Waals surface area contributed by atoms with Crippen LogP contribution in [0.5, 0.6) is 0 Å². The van der Waals surface area contributed by atoms with E-state index in [-0.39, 0.29) is 11.9 Å². The van der Waals surface area contributed by atoms with Gasteiger partial charge >= 0.3 is 5.91 Å². The smallest absolute Gasteiger partial charge is 0.312 e. The summed E-state index contributed by atoms with van der Waals surface area (Å²) in [5.41, 5.74) is 1.60. The summed E-state index contributed by atoms with van der Waals surface area (Å²) in [6, 6.07) is 19.6. The van der Waals surface area contributed by atoms with Crippen LogP contribution < -0.4 is 0 Å². The first-order chi connectivity index (χ1) is 12.4. The Morgan fingerprint density at radius 2 is 1.69 bits per heavy atom. The molecule has 0 N–H and O–H groups in total. The molecule has 0 spiro atoms. The molecule has 1 heterocycles. The SMILES string of the molecule is CC(C)(C)ON1C(=O)/C(=C/c2ccccc2)OC[C@@H]1Cc1ccccc1. The van der Waals surface area contributed by atoms with Gasteiger partial charge in [0.25, 0.3) is 0 Å². The normalized spacial score (nSPS) is 19.5. The summed E-state index contributed by atoms with van der Waals surface area (Å²) in [5, 5.41) is 1.49. The molecule has 1 aliphatic rings. The average molecular weight is 351 g/mol. The Morgan fingerprint density at radius 3 is 2.31 bits per heavy atom. The Labute approximate surface area is 155 Å². The molecule has 3 rings (SSSR count). The summed E-state index contributed by atoms with van der Waals surface area (Å²) < 4.78 is 5.81. The molecular weight excluding hydrogens is 326 g/mol. The zero-order chi connectivity index (χ0) is 18.6. The third kappa shape index (κ3) is 4.73.